The first-order valence-electron chi connectivity index (χ1n) is 8.91. The van der Waals surface area contributed by atoms with E-state index in [0.717, 1.165) is 11.3 Å². The van der Waals surface area contributed by atoms with E-state index in [1.807, 2.05) is 30.3 Å². The van der Waals surface area contributed by atoms with Gasteiger partial charge in [0, 0.05) is 10.8 Å². The Balaban J connectivity index is 1.69. The summed E-state index contributed by atoms with van der Waals surface area (Å²) in [7, 11) is -1.05. The maximum absolute atomic E-state index is 13.5. The van der Waals surface area contributed by atoms with Crippen LogP contribution in [0, 0.1) is 5.92 Å². The molecule has 0 bridgehead atoms. The molecule has 2 saturated carbocycles. The summed E-state index contributed by atoms with van der Waals surface area (Å²) >= 11 is 0. The third-order valence-electron chi connectivity index (χ3n) is 5.85. The van der Waals surface area contributed by atoms with E-state index in [4.69, 9.17) is 4.74 Å². The molecule has 0 radical (unpaired) electrons. The van der Waals surface area contributed by atoms with Crippen molar-refractivity contribution in [3.63, 3.8) is 0 Å². The van der Waals surface area contributed by atoms with Crippen molar-refractivity contribution in [1.29, 1.82) is 0 Å². The first-order chi connectivity index (χ1) is 10.7. The summed E-state index contributed by atoms with van der Waals surface area (Å²) in [6, 6.07) is 10.0. The van der Waals surface area contributed by atoms with Gasteiger partial charge in [-0.05, 0) is 57.1 Å². The van der Waals surface area contributed by atoms with Gasteiger partial charge in [-0.2, -0.15) is 0 Å². The van der Waals surface area contributed by atoms with Gasteiger partial charge in [0.05, 0.1) is 16.4 Å². The molecule has 120 valence electrons. The third-order valence-corrected chi connectivity index (χ3v) is 7.80. The van der Waals surface area contributed by atoms with Crippen LogP contribution in [0.2, 0.25) is 0 Å². The van der Waals surface area contributed by atoms with Crippen molar-refractivity contribution < 1.29 is 8.95 Å². The predicted octanol–water partition coefficient (Wildman–Crippen LogP) is 4.80. The lowest BCUT2D eigenvalue weighted by Crippen LogP contribution is -2.51. The van der Waals surface area contributed by atoms with Crippen LogP contribution >= 0.6 is 0 Å². The molecule has 1 heterocycles. The molecule has 2 unspecified atom stereocenters. The largest absolute Gasteiger partial charge is 0.355 e. The Morgan fingerprint density at radius 3 is 2.32 bits per heavy atom. The van der Waals surface area contributed by atoms with Gasteiger partial charge in [-0.1, -0.05) is 37.5 Å². The SMILES string of the molecule is O=S(c1ccccc1)C1(C2CCCCC2)CCCC2(CC2)O1. The molecule has 3 fully saturated rings. The summed E-state index contributed by atoms with van der Waals surface area (Å²) < 4.78 is 20.3. The predicted molar refractivity (Wildman–Crippen MR) is 89.1 cm³/mol. The molecule has 22 heavy (non-hydrogen) atoms. The highest BCUT2D eigenvalue weighted by Gasteiger charge is 2.58. The molecule has 1 aliphatic heterocycles. The highest BCUT2D eigenvalue weighted by atomic mass is 32.2. The maximum Gasteiger partial charge on any atom is 0.150 e. The second-order valence-corrected chi connectivity index (χ2v) is 9.07. The molecule has 1 saturated heterocycles. The minimum absolute atomic E-state index is 0.0835. The fourth-order valence-corrected chi connectivity index (χ4v) is 6.40. The average Bonchev–Trinajstić information content (AvgIpc) is 3.34. The zero-order valence-corrected chi connectivity index (χ0v) is 14.1. The molecular weight excluding hydrogens is 292 g/mol. The first-order valence-corrected chi connectivity index (χ1v) is 10.1. The quantitative estimate of drug-likeness (QED) is 0.800. The topological polar surface area (TPSA) is 26.3 Å². The summed E-state index contributed by atoms with van der Waals surface area (Å²) in [4.78, 5) is 0.530. The molecule has 0 amide bonds. The number of benzene rings is 1. The Labute approximate surface area is 136 Å². The Morgan fingerprint density at radius 1 is 0.909 bits per heavy atom. The van der Waals surface area contributed by atoms with Crippen molar-refractivity contribution in [2.75, 3.05) is 0 Å². The smallest absolute Gasteiger partial charge is 0.150 e. The summed E-state index contributed by atoms with van der Waals surface area (Å²) in [5.74, 6) is 0.472. The van der Waals surface area contributed by atoms with Crippen molar-refractivity contribution in [2.24, 2.45) is 5.92 Å². The summed E-state index contributed by atoms with van der Waals surface area (Å²) in [6.07, 6.45) is 11.9. The second kappa shape index (κ2) is 5.76. The molecule has 1 aromatic rings. The van der Waals surface area contributed by atoms with Crippen molar-refractivity contribution >= 4 is 10.8 Å². The van der Waals surface area contributed by atoms with E-state index >= 15 is 0 Å². The average molecular weight is 318 g/mol. The number of ether oxygens (including phenoxy) is 1. The highest BCUT2D eigenvalue weighted by molar-refractivity contribution is 7.86. The van der Waals surface area contributed by atoms with Crippen LogP contribution in [0.25, 0.3) is 0 Å². The normalized spacial score (nSPS) is 32.7. The minimum atomic E-state index is -1.05. The summed E-state index contributed by atoms with van der Waals surface area (Å²) in [5.41, 5.74) is 0.0835. The van der Waals surface area contributed by atoms with Gasteiger partial charge in [0.25, 0.3) is 0 Å². The van der Waals surface area contributed by atoms with E-state index < -0.39 is 15.7 Å². The van der Waals surface area contributed by atoms with Crippen molar-refractivity contribution in [3.8, 4) is 0 Å². The molecule has 1 spiro atoms. The Hall–Kier alpha value is -0.670. The van der Waals surface area contributed by atoms with Crippen LogP contribution in [0.5, 0.6) is 0 Å². The highest BCUT2D eigenvalue weighted by Crippen LogP contribution is 2.56. The fourth-order valence-electron chi connectivity index (χ4n) is 4.47. The molecule has 0 N–H and O–H groups in total. The van der Waals surface area contributed by atoms with E-state index in [2.05, 4.69) is 0 Å². The van der Waals surface area contributed by atoms with Crippen LogP contribution in [0.1, 0.15) is 64.2 Å². The van der Waals surface area contributed by atoms with Gasteiger partial charge in [-0.15, -0.1) is 0 Å². The molecular formula is C19H26O2S. The van der Waals surface area contributed by atoms with Crippen LogP contribution < -0.4 is 0 Å². The second-order valence-electron chi connectivity index (χ2n) is 7.37. The van der Waals surface area contributed by atoms with Gasteiger partial charge in [0.15, 0.2) is 4.93 Å². The molecule has 3 heteroatoms. The van der Waals surface area contributed by atoms with E-state index in [1.165, 1.54) is 57.8 Å². The Morgan fingerprint density at radius 2 is 1.64 bits per heavy atom. The zero-order chi connectivity index (χ0) is 15.0. The molecule has 2 aliphatic carbocycles. The van der Waals surface area contributed by atoms with Crippen LogP contribution in [-0.2, 0) is 15.5 Å². The number of hydrogen-bond acceptors (Lipinski definition) is 2. The van der Waals surface area contributed by atoms with E-state index in [1.54, 1.807) is 0 Å². The number of rotatable bonds is 3. The lowest BCUT2D eigenvalue weighted by molar-refractivity contribution is -0.125. The number of hydrogen-bond donors (Lipinski definition) is 0. The molecule has 0 aromatic heterocycles. The fraction of sp³-hybridized carbons (Fsp3) is 0.684. The molecule has 3 aliphatic rings. The van der Waals surface area contributed by atoms with Crippen LogP contribution in [0.3, 0.4) is 0 Å². The Kier molecular flexibility index (Phi) is 3.90. The monoisotopic (exact) mass is 318 g/mol. The standard InChI is InChI=1S/C19H26O2S/c20-22(17-10-5-2-6-11-17)19(16-8-3-1-4-9-16)13-7-12-18(21-19)14-15-18/h2,5-6,10-11,16H,1,3-4,7-9,12-15H2. The summed E-state index contributed by atoms with van der Waals surface area (Å²) in [5, 5.41) is 0. The Bertz CT molecular complexity index is 546. The first kappa shape index (κ1) is 14.9. The van der Waals surface area contributed by atoms with E-state index in [-0.39, 0.29) is 5.60 Å². The van der Waals surface area contributed by atoms with Gasteiger partial charge in [0.2, 0.25) is 0 Å². The van der Waals surface area contributed by atoms with Gasteiger partial charge in [-0.3, -0.25) is 4.21 Å². The van der Waals surface area contributed by atoms with E-state index in [9.17, 15) is 4.21 Å². The molecule has 2 nitrogen and oxygen atoms in total. The lowest BCUT2D eigenvalue weighted by atomic mass is 9.81. The van der Waals surface area contributed by atoms with Gasteiger partial charge < -0.3 is 4.74 Å². The van der Waals surface area contributed by atoms with Gasteiger partial charge in [-0.25, -0.2) is 0 Å². The maximum atomic E-state index is 13.5. The van der Waals surface area contributed by atoms with Crippen LogP contribution in [0.15, 0.2) is 35.2 Å². The van der Waals surface area contributed by atoms with E-state index in [0.29, 0.717) is 5.92 Å². The van der Waals surface area contributed by atoms with Crippen molar-refractivity contribution in [1.82, 2.24) is 0 Å². The molecule has 2 atom stereocenters. The van der Waals surface area contributed by atoms with Crippen LogP contribution in [0.4, 0.5) is 0 Å². The molecule has 4 rings (SSSR count). The lowest BCUT2D eigenvalue weighted by Gasteiger charge is -2.47. The minimum Gasteiger partial charge on any atom is -0.355 e. The molecule has 1 aromatic carbocycles. The summed E-state index contributed by atoms with van der Waals surface area (Å²) in [6.45, 7) is 0. The van der Waals surface area contributed by atoms with Crippen molar-refractivity contribution in [3.05, 3.63) is 30.3 Å². The van der Waals surface area contributed by atoms with Gasteiger partial charge in [0.1, 0.15) is 0 Å². The van der Waals surface area contributed by atoms with Crippen LogP contribution in [-0.4, -0.2) is 14.7 Å². The third kappa shape index (κ3) is 2.56. The van der Waals surface area contributed by atoms with Gasteiger partial charge >= 0.3 is 0 Å². The van der Waals surface area contributed by atoms with Crippen molar-refractivity contribution in [2.45, 2.75) is 79.6 Å². The zero-order valence-electron chi connectivity index (χ0n) is 13.3.